The summed E-state index contributed by atoms with van der Waals surface area (Å²) in [5, 5.41) is 2.61. The lowest BCUT2D eigenvalue weighted by Crippen LogP contribution is -2.36. The highest BCUT2D eigenvalue weighted by Crippen LogP contribution is 2.26. The number of carbonyl (C=O) groups is 2. The molecule has 0 saturated carbocycles. The van der Waals surface area contributed by atoms with Gasteiger partial charge < -0.3 is 19.7 Å². The zero-order valence-electron chi connectivity index (χ0n) is 14.4. The number of benzene rings is 1. The molecule has 1 atom stereocenters. The smallest absolute Gasteiger partial charge is 0.410 e. The average Bonchev–Trinajstić information content (AvgIpc) is 2.93. The van der Waals surface area contributed by atoms with Crippen LogP contribution in [0.4, 0.5) is 4.79 Å². The third-order valence-electron chi connectivity index (χ3n) is 3.51. The number of ether oxygens (including phenoxy) is 2. The maximum absolute atomic E-state index is 12.1. The van der Waals surface area contributed by atoms with Crippen molar-refractivity contribution >= 4 is 34.6 Å². The fraction of sp³-hybridized carbons (Fsp3) is 0.529. The van der Waals surface area contributed by atoms with E-state index in [1.807, 2.05) is 32.9 Å². The van der Waals surface area contributed by atoms with Crippen LogP contribution in [-0.4, -0.2) is 48.7 Å². The SMILES string of the molecule is CNC(=O)c1ccc(I)cc1O[C@@H]1CCN(C(=O)OC(C)(C)C)C1. The summed E-state index contributed by atoms with van der Waals surface area (Å²) >= 11 is 2.18. The monoisotopic (exact) mass is 446 g/mol. The molecule has 0 unspecified atom stereocenters. The van der Waals surface area contributed by atoms with Crippen LogP contribution in [0.25, 0.3) is 0 Å². The minimum absolute atomic E-state index is 0.154. The quantitative estimate of drug-likeness (QED) is 0.726. The Kier molecular flexibility index (Phi) is 5.95. The first-order chi connectivity index (χ1) is 11.2. The molecule has 2 amide bonds. The average molecular weight is 446 g/mol. The normalized spacial score (nSPS) is 17.5. The number of likely N-dealkylation sites (tertiary alicyclic amines) is 1. The fourth-order valence-corrected chi connectivity index (χ4v) is 2.87. The molecule has 1 aliphatic rings. The van der Waals surface area contributed by atoms with Crippen LogP contribution in [0.5, 0.6) is 5.75 Å². The lowest BCUT2D eigenvalue weighted by Gasteiger charge is -2.24. The van der Waals surface area contributed by atoms with Gasteiger partial charge in [-0.15, -0.1) is 0 Å². The molecular formula is C17H23IN2O4. The second-order valence-electron chi connectivity index (χ2n) is 6.67. The Bertz CT molecular complexity index is 628. The van der Waals surface area contributed by atoms with Crippen molar-refractivity contribution in [3.8, 4) is 5.75 Å². The van der Waals surface area contributed by atoms with E-state index in [2.05, 4.69) is 27.9 Å². The largest absolute Gasteiger partial charge is 0.488 e. The number of hydrogen-bond donors (Lipinski definition) is 1. The fourth-order valence-electron chi connectivity index (χ4n) is 2.41. The van der Waals surface area contributed by atoms with E-state index >= 15 is 0 Å². The van der Waals surface area contributed by atoms with E-state index in [1.165, 1.54) is 0 Å². The summed E-state index contributed by atoms with van der Waals surface area (Å²) in [6, 6.07) is 5.44. The number of nitrogens with zero attached hydrogens (tertiary/aromatic N) is 1. The minimum Gasteiger partial charge on any atom is -0.488 e. The predicted molar refractivity (Wildman–Crippen MR) is 99.4 cm³/mol. The molecule has 0 spiro atoms. The van der Waals surface area contributed by atoms with Crippen LogP contribution in [-0.2, 0) is 4.74 Å². The van der Waals surface area contributed by atoms with Crippen molar-refractivity contribution in [2.24, 2.45) is 0 Å². The van der Waals surface area contributed by atoms with E-state index in [9.17, 15) is 9.59 Å². The van der Waals surface area contributed by atoms with Crippen molar-refractivity contribution in [3.05, 3.63) is 27.3 Å². The van der Waals surface area contributed by atoms with Crippen LogP contribution in [0, 0.1) is 3.57 Å². The standard InChI is InChI=1S/C17H23IN2O4/c1-17(2,3)24-16(22)20-8-7-12(10-20)23-14-9-11(18)5-6-13(14)15(21)19-4/h5-6,9,12H,7-8,10H2,1-4H3,(H,19,21)/t12-/m1/s1. The Hall–Kier alpha value is -1.51. The first-order valence-corrected chi connectivity index (χ1v) is 8.93. The lowest BCUT2D eigenvalue weighted by molar-refractivity contribution is 0.0275. The van der Waals surface area contributed by atoms with E-state index < -0.39 is 5.60 Å². The Morgan fingerprint density at radius 3 is 2.67 bits per heavy atom. The van der Waals surface area contributed by atoms with Gasteiger partial charge in [-0.2, -0.15) is 0 Å². The zero-order chi connectivity index (χ0) is 17.9. The molecular weight excluding hydrogens is 423 g/mol. The van der Waals surface area contributed by atoms with Gasteiger partial charge in [-0.25, -0.2) is 4.79 Å². The molecule has 132 valence electrons. The van der Waals surface area contributed by atoms with Gasteiger partial charge in [0.1, 0.15) is 17.5 Å². The summed E-state index contributed by atoms with van der Waals surface area (Å²) < 4.78 is 12.4. The summed E-state index contributed by atoms with van der Waals surface area (Å²) in [6.07, 6.45) is 0.222. The molecule has 6 nitrogen and oxygen atoms in total. The van der Waals surface area contributed by atoms with Crippen molar-refractivity contribution in [2.45, 2.75) is 38.9 Å². The maximum atomic E-state index is 12.1. The molecule has 0 radical (unpaired) electrons. The van der Waals surface area contributed by atoms with E-state index in [0.717, 1.165) is 3.57 Å². The van der Waals surface area contributed by atoms with Crippen molar-refractivity contribution < 1.29 is 19.1 Å². The van der Waals surface area contributed by atoms with Gasteiger partial charge in [-0.05, 0) is 61.6 Å². The van der Waals surface area contributed by atoms with Crippen LogP contribution in [0.2, 0.25) is 0 Å². The highest BCUT2D eigenvalue weighted by Gasteiger charge is 2.31. The summed E-state index contributed by atoms with van der Waals surface area (Å²) in [5.74, 6) is 0.348. The van der Waals surface area contributed by atoms with Crippen LogP contribution in [0.15, 0.2) is 18.2 Å². The third kappa shape index (κ3) is 4.99. The van der Waals surface area contributed by atoms with Gasteiger partial charge in [0.05, 0.1) is 12.1 Å². The third-order valence-corrected chi connectivity index (χ3v) is 4.18. The Balaban J connectivity index is 2.04. The van der Waals surface area contributed by atoms with Gasteiger partial charge in [0.15, 0.2) is 0 Å². The highest BCUT2D eigenvalue weighted by atomic mass is 127. The molecule has 1 aromatic rings. The molecule has 1 saturated heterocycles. The molecule has 1 heterocycles. The summed E-state index contributed by atoms with van der Waals surface area (Å²) in [7, 11) is 1.59. The van der Waals surface area contributed by atoms with Gasteiger partial charge in [-0.3, -0.25) is 4.79 Å². The molecule has 2 rings (SSSR count). The van der Waals surface area contributed by atoms with Crippen LogP contribution < -0.4 is 10.1 Å². The molecule has 1 fully saturated rings. The lowest BCUT2D eigenvalue weighted by atomic mass is 10.2. The number of amides is 2. The minimum atomic E-state index is -0.516. The van der Waals surface area contributed by atoms with Gasteiger partial charge in [0.2, 0.25) is 0 Å². The summed E-state index contributed by atoms with van der Waals surface area (Å²) in [4.78, 5) is 25.7. The van der Waals surface area contributed by atoms with Gasteiger partial charge in [0.25, 0.3) is 5.91 Å². The van der Waals surface area contributed by atoms with Gasteiger partial charge in [-0.1, -0.05) is 0 Å². The molecule has 0 aliphatic carbocycles. The molecule has 1 N–H and O–H groups in total. The molecule has 0 bridgehead atoms. The highest BCUT2D eigenvalue weighted by molar-refractivity contribution is 14.1. The second-order valence-corrected chi connectivity index (χ2v) is 7.92. The van der Waals surface area contributed by atoms with Crippen molar-refractivity contribution in [1.29, 1.82) is 0 Å². The zero-order valence-corrected chi connectivity index (χ0v) is 16.5. The van der Waals surface area contributed by atoms with Crippen molar-refractivity contribution in [3.63, 3.8) is 0 Å². The Morgan fingerprint density at radius 2 is 2.04 bits per heavy atom. The Morgan fingerprint density at radius 1 is 1.33 bits per heavy atom. The maximum Gasteiger partial charge on any atom is 0.410 e. The number of nitrogens with one attached hydrogen (secondary N) is 1. The summed E-state index contributed by atoms with van der Waals surface area (Å²) in [6.45, 7) is 6.57. The molecule has 24 heavy (non-hydrogen) atoms. The van der Waals surface area contributed by atoms with E-state index in [-0.39, 0.29) is 18.1 Å². The number of rotatable bonds is 3. The van der Waals surface area contributed by atoms with Crippen LogP contribution >= 0.6 is 22.6 Å². The Labute approximate surface area is 156 Å². The number of halogens is 1. The first kappa shape index (κ1) is 18.8. The van der Waals surface area contributed by atoms with Gasteiger partial charge >= 0.3 is 6.09 Å². The number of carbonyl (C=O) groups excluding carboxylic acids is 2. The van der Waals surface area contributed by atoms with Gasteiger partial charge in [0, 0.05) is 23.6 Å². The predicted octanol–water partition coefficient (Wildman–Crippen LogP) is 3.04. The van der Waals surface area contributed by atoms with Crippen LogP contribution in [0.3, 0.4) is 0 Å². The van der Waals surface area contributed by atoms with Crippen molar-refractivity contribution in [1.82, 2.24) is 10.2 Å². The van der Waals surface area contributed by atoms with Crippen molar-refractivity contribution in [2.75, 3.05) is 20.1 Å². The molecule has 1 aromatic carbocycles. The second kappa shape index (κ2) is 7.58. The molecule has 1 aliphatic heterocycles. The molecule has 7 heteroatoms. The topological polar surface area (TPSA) is 67.9 Å². The number of hydrogen-bond acceptors (Lipinski definition) is 4. The van der Waals surface area contributed by atoms with E-state index in [0.29, 0.717) is 30.8 Å². The van der Waals surface area contributed by atoms with E-state index in [1.54, 1.807) is 18.0 Å². The van der Waals surface area contributed by atoms with Crippen LogP contribution in [0.1, 0.15) is 37.6 Å². The first-order valence-electron chi connectivity index (χ1n) is 7.86. The molecule has 0 aromatic heterocycles. The van der Waals surface area contributed by atoms with E-state index in [4.69, 9.17) is 9.47 Å². The summed E-state index contributed by atoms with van der Waals surface area (Å²) in [5.41, 5.74) is -0.0218.